The quantitative estimate of drug-likeness (QED) is 0.520. The van der Waals surface area contributed by atoms with Gasteiger partial charge in [0.25, 0.3) is 0 Å². The summed E-state index contributed by atoms with van der Waals surface area (Å²) in [5, 5.41) is 0. The number of aromatic nitrogens is 1. The second kappa shape index (κ2) is 9.39. The first-order valence-corrected chi connectivity index (χ1v) is 10.8. The lowest BCUT2D eigenvalue weighted by atomic mass is 9.94. The minimum Gasteiger partial charge on any atom is -0.483 e. The average molecular weight is 408 g/mol. The molecule has 1 aromatic carbocycles. The van der Waals surface area contributed by atoms with Crippen LogP contribution in [-0.2, 0) is 17.6 Å². The number of ketones is 1. The maximum atomic E-state index is 12.7. The summed E-state index contributed by atoms with van der Waals surface area (Å²) in [4.78, 5) is 32.6. The molecule has 1 aromatic heterocycles. The third kappa shape index (κ3) is 4.70. The molecule has 1 fully saturated rings. The molecule has 2 aliphatic rings. The molecule has 6 nitrogen and oxygen atoms in total. The van der Waals surface area contributed by atoms with Gasteiger partial charge >= 0.3 is 0 Å². The van der Waals surface area contributed by atoms with Crippen molar-refractivity contribution in [1.82, 2.24) is 9.88 Å². The van der Waals surface area contributed by atoms with Crippen molar-refractivity contribution in [2.45, 2.75) is 38.7 Å². The number of hydrogen-bond acceptors (Lipinski definition) is 6. The Morgan fingerprint density at radius 1 is 1.10 bits per heavy atom. The van der Waals surface area contributed by atoms with E-state index in [2.05, 4.69) is 20.9 Å². The topological polar surface area (TPSA) is 62.7 Å². The number of anilines is 1. The number of carbonyl (C=O) groups is 2. The van der Waals surface area contributed by atoms with E-state index in [1.807, 2.05) is 6.20 Å². The predicted octanol–water partition coefficient (Wildman–Crippen LogP) is 2.93. The lowest BCUT2D eigenvalue weighted by molar-refractivity contribution is -0.113. The fourth-order valence-electron chi connectivity index (χ4n) is 4.31. The third-order valence-electron chi connectivity index (χ3n) is 5.98. The highest BCUT2D eigenvalue weighted by atomic mass is 16.5. The van der Waals surface area contributed by atoms with Crippen LogP contribution in [-0.4, -0.2) is 60.8 Å². The van der Waals surface area contributed by atoms with E-state index >= 15 is 0 Å². The van der Waals surface area contributed by atoms with Crippen LogP contribution in [0.25, 0.3) is 0 Å². The third-order valence-corrected chi connectivity index (χ3v) is 5.98. The van der Waals surface area contributed by atoms with E-state index in [0.29, 0.717) is 17.9 Å². The van der Waals surface area contributed by atoms with Crippen LogP contribution in [0.4, 0.5) is 5.69 Å². The second-order valence-corrected chi connectivity index (χ2v) is 8.13. The van der Waals surface area contributed by atoms with Crippen LogP contribution in [0.1, 0.15) is 41.4 Å². The number of hydrogen-bond donors (Lipinski definition) is 0. The Kier molecular flexibility index (Phi) is 6.43. The molecule has 1 atom stereocenters. The number of rotatable bonds is 7. The highest BCUT2D eigenvalue weighted by molar-refractivity contribution is 5.97. The maximum absolute atomic E-state index is 12.7. The van der Waals surface area contributed by atoms with Crippen molar-refractivity contribution in [2.24, 2.45) is 0 Å². The summed E-state index contributed by atoms with van der Waals surface area (Å²) in [6, 6.07) is 9.19. The molecule has 2 aromatic rings. The monoisotopic (exact) mass is 407 g/mol. The van der Waals surface area contributed by atoms with Crippen molar-refractivity contribution in [3.63, 3.8) is 0 Å². The molecule has 1 aliphatic carbocycles. The molecule has 0 bridgehead atoms. The first-order valence-electron chi connectivity index (χ1n) is 10.8. The highest BCUT2D eigenvalue weighted by Gasteiger charge is 2.23. The molecule has 0 saturated carbocycles. The molecule has 0 amide bonds. The summed E-state index contributed by atoms with van der Waals surface area (Å²) in [6.07, 6.45) is 6.91. The molecule has 0 radical (unpaired) electrons. The minimum atomic E-state index is -0.492. The summed E-state index contributed by atoms with van der Waals surface area (Å²) < 4.78 is 5.44. The van der Waals surface area contributed by atoms with Crippen LogP contribution < -0.4 is 9.64 Å². The molecular weight excluding hydrogens is 378 g/mol. The van der Waals surface area contributed by atoms with Gasteiger partial charge in [-0.25, -0.2) is 0 Å². The van der Waals surface area contributed by atoms with E-state index in [-0.39, 0.29) is 5.78 Å². The normalized spacial score (nSPS) is 17.8. The van der Waals surface area contributed by atoms with Crippen LogP contribution >= 0.6 is 0 Å². The van der Waals surface area contributed by atoms with Crippen LogP contribution in [0.5, 0.6) is 5.75 Å². The molecule has 1 unspecified atom stereocenters. The standard InChI is InChI=1S/C24H29N3O3/c1-18(17-28)30-20-8-6-19(7-9-20)24(29)16-26-12-14-27(15-13-26)23-10-11-25-22-5-3-2-4-21(22)23/h6-11,17-18H,2-5,12-16H2,1H3. The van der Waals surface area contributed by atoms with E-state index < -0.39 is 6.10 Å². The molecule has 1 saturated heterocycles. The Bertz CT molecular complexity index is 889. The van der Waals surface area contributed by atoms with E-state index in [9.17, 15) is 9.59 Å². The zero-order chi connectivity index (χ0) is 20.9. The fourth-order valence-corrected chi connectivity index (χ4v) is 4.31. The van der Waals surface area contributed by atoms with Gasteiger partial charge in [0.15, 0.2) is 18.2 Å². The molecule has 1 aliphatic heterocycles. The number of aryl methyl sites for hydroxylation is 1. The SMILES string of the molecule is CC(C=O)Oc1ccc(C(=O)CN2CCN(c3ccnc4c3CCCC4)CC2)cc1. The molecule has 0 spiro atoms. The van der Waals surface area contributed by atoms with Crippen molar-refractivity contribution < 1.29 is 14.3 Å². The first kappa shape index (κ1) is 20.5. The molecular formula is C24H29N3O3. The number of nitrogens with zero attached hydrogens (tertiary/aromatic N) is 3. The Morgan fingerprint density at radius 2 is 1.83 bits per heavy atom. The number of aldehydes is 1. The molecule has 158 valence electrons. The van der Waals surface area contributed by atoms with E-state index in [1.54, 1.807) is 31.2 Å². The molecule has 4 rings (SSSR count). The lowest BCUT2D eigenvalue weighted by Crippen LogP contribution is -2.48. The number of benzene rings is 1. The van der Waals surface area contributed by atoms with Gasteiger partial charge in [0.05, 0.1) is 6.54 Å². The summed E-state index contributed by atoms with van der Waals surface area (Å²) in [5.74, 6) is 0.708. The fraction of sp³-hybridized carbons (Fsp3) is 0.458. The van der Waals surface area contributed by atoms with Gasteiger partial charge in [-0.2, -0.15) is 0 Å². The average Bonchev–Trinajstić information content (AvgIpc) is 2.79. The van der Waals surface area contributed by atoms with E-state index in [4.69, 9.17) is 4.74 Å². The van der Waals surface area contributed by atoms with Crippen LogP contribution in [0.2, 0.25) is 0 Å². The van der Waals surface area contributed by atoms with Gasteiger partial charge in [0.1, 0.15) is 5.75 Å². The van der Waals surface area contributed by atoms with Gasteiger partial charge in [-0.1, -0.05) is 0 Å². The summed E-state index contributed by atoms with van der Waals surface area (Å²) >= 11 is 0. The predicted molar refractivity (Wildman–Crippen MR) is 116 cm³/mol. The number of carbonyl (C=O) groups excluding carboxylic acids is 2. The summed E-state index contributed by atoms with van der Waals surface area (Å²) in [7, 11) is 0. The Morgan fingerprint density at radius 3 is 2.57 bits per heavy atom. The number of pyridine rings is 1. The Labute approximate surface area is 177 Å². The van der Waals surface area contributed by atoms with Gasteiger partial charge in [0, 0.05) is 49.3 Å². The number of ether oxygens (including phenoxy) is 1. The minimum absolute atomic E-state index is 0.111. The van der Waals surface area contributed by atoms with Gasteiger partial charge in [-0.05, 0) is 68.5 Å². The molecule has 30 heavy (non-hydrogen) atoms. The number of piperazine rings is 1. The first-order chi connectivity index (χ1) is 14.6. The largest absolute Gasteiger partial charge is 0.483 e. The zero-order valence-electron chi connectivity index (χ0n) is 17.5. The van der Waals surface area contributed by atoms with Crippen LogP contribution in [0.3, 0.4) is 0 Å². The highest BCUT2D eigenvalue weighted by Crippen LogP contribution is 2.29. The van der Waals surface area contributed by atoms with E-state index in [0.717, 1.165) is 45.3 Å². The van der Waals surface area contributed by atoms with Gasteiger partial charge < -0.3 is 9.64 Å². The number of Topliss-reactive ketones (excluding diaryl/α,β-unsaturated/α-hetero) is 1. The molecule has 0 N–H and O–H groups in total. The second-order valence-electron chi connectivity index (χ2n) is 8.13. The number of fused-ring (bicyclic) bond motifs is 1. The van der Waals surface area contributed by atoms with Crippen molar-refractivity contribution >= 4 is 17.8 Å². The Balaban J connectivity index is 1.32. The lowest BCUT2D eigenvalue weighted by Gasteiger charge is -2.37. The maximum Gasteiger partial charge on any atom is 0.176 e. The summed E-state index contributed by atoms with van der Waals surface area (Å²) in [5.41, 5.74) is 4.71. The van der Waals surface area contributed by atoms with Crippen LogP contribution in [0.15, 0.2) is 36.5 Å². The van der Waals surface area contributed by atoms with Crippen molar-refractivity contribution in [2.75, 3.05) is 37.6 Å². The molecule has 2 heterocycles. The zero-order valence-corrected chi connectivity index (χ0v) is 17.5. The molecule has 6 heteroatoms. The van der Waals surface area contributed by atoms with E-state index in [1.165, 1.54) is 29.8 Å². The Hall–Kier alpha value is -2.73. The smallest absolute Gasteiger partial charge is 0.176 e. The van der Waals surface area contributed by atoms with Crippen LogP contribution in [0, 0.1) is 0 Å². The summed E-state index contributed by atoms with van der Waals surface area (Å²) in [6.45, 7) is 5.72. The van der Waals surface area contributed by atoms with Crippen molar-refractivity contribution in [3.8, 4) is 5.75 Å². The van der Waals surface area contributed by atoms with Gasteiger partial charge in [-0.3, -0.25) is 19.5 Å². The van der Waals surface area contributed by atoms with Crippen molar-refractivity contribution in [1.29, 1.82) is 0 Å². The van der Waals surface area contributed by atoms with Gasteiger partial charge in [0.2, 0.25) is 0 Å². The van der Waals surface area contributed by atoms with Crippen molar-refractivity contribution in [3.05, 3.63) is 53.3 Å². The van der Waals surface area contributed by atoms with Gasteiger partial charge in [-0.15, -0.1) is 0 Å².